The molecule has 0 fully saturated rings. The SMILES string of the molecule is CCCCN(CCN)CC(=O)O. The van der Waals surface area contributed by atoms with E-state index in [2.05, 4.69) is 6.92 Å². The Hall–Kier alpha value is -0.610. The van der Waals surface area contributed by atoms with Crippen LogP contribution in [0.2, 0.25) is 0 Å². The van der Waals surface area contributed by atoms with Crippen molar-refractivity contribution < 1.29 is 9.90 Å². The predicted molar refractivity (Wildman–Crippen MR) is 48.0 cm³/mol. The smallest absolute Gasteiger partial charge is 0.317 e. The van der Waals surface area contributed by atoms with E-state index in [0.717, 1.165) is 19.4 Å². The number of carboxylic acid groups (broad SMARTS) is 1. The second-order valence-electron chi connectivity index (χ2n) is 2.81. The maximum atomic E-state index is 10.4. The molecule has 0 amide bonds. The standard InChI is InChI=1S/C8H18N2O2/c1-2-3-5-10(6-4-9)7-8(11)12/h2-7,9H2,1H3,(H,11,12). The Labute approximate surface area is 73.3 Å². The van der Waals surface area contributed by atoms with Gasteiger partial charge in [-0.1, -0.05) is 13.3 Å². The Morgan fingerprint density at radius 1 is 1.50 bits per heavy atom. The van der Waals surface area contributed by atoms with Gasteiger partial charge in [0.05, 0.1) is 6.54 Å². The molecule has 0 aromatic carbocycles. The van der Waals surface area contributed by atoms with E-state index < -0.39 is 5.97 Å². The van der Waals surface area contributed by atoms with Crippen LogP contribution in [-0.2, 0) is 4.79 Å². The van der Waals surface area contributed by atoms with Gasteiger partial charge in [-0.25, -0.2) is 0 Å². The molecule has 0 heterocycles. The van der Waals surface area contributed by atoms with Gasteiger partial charge in [0.25, 0.3) is 0 Å². The molecule has 4 nitrogen and oxygen atoms in total. The largest absolute Gasteiger partial charge is 0.480 e. The normalized spacial score (nSPS) is 10.6. The monoisotopic (exact) mass is 174 g/mol. The highest BCUT2D eigenvalue weighted by atomic mass is 16.4. The summed E-state index contributed by atoms with van der Waals surface area (Å²) in [4.78, 5) is 12.2. The van der Waals surface area contributed by atoms with E-state index >= 15 is 0 Å². The van der Waals surface area contributed by atoms with Crippen LogP contribution in [0.15, 0.2) is 0 Å². The fourth-order valence-corrected chi connectivity index (χ4v) is 1.03. The fraction of sp³-hybridized carbons (Fsp3) is 0.875. The average molecular weight is 174 g/mol. The number of carboxylic acids is 1. The van der Waals surface area contributed by atoms with Crippen molar-refractivity contribution in [1.82, 2.24) is 4.90 Å². The summed E-state index contributed by atoms with van der Waals surface area (Å²) in [5.41, 5.74) is 5.34. The van der Waals surface area contributed by atoms with Crippen molar-refractivity contribution in [1.29, 1.82) is 0 Å². The van der Waals surface area contributed by atoms with Crippen molar-refractivity contribution in [3.63, 3.8) is 0 Å². The molecule has 0 saturated carbocycles. The van der Waals surface area contributed by atoms with Crippen molar-refractivity contribution in [2.45, 2.75) is 19.8 Å². The van der Waals surface area contributed by atoms with Crippen molar-refractivity contribution in [3.05, 3.63) is 0 Å². The van der Waals surface area contributed by atoms with Gasteiger partial charge in [-0.05, 0) is 13.0 Å². The molecule has 0 aliphatic rings. The Morgan fingerprint density at radius 3 is 2.58 bits per heavy atom. The molecule has 12 heavy (non-hydrogen) atoms. The molecule has 0 aliphatic carbocycles. The maximum Gasteiger partial charge on any atom is 0.317 e. The van der Waals surface area contributed by atoms with E-state index in [0.29, 0.717) is 13.1 Å². The van der Waals surface area contributed by atoms with Crippen LogP contribution in [0.4, 0.5) is 0 Å². The molecule has 0 aromatic rings. The van der Waals surface area contributed by atoms with Crippen LogP contribution >= 0.6 is 0 Å². The molecule has 0 rings (SSSR count). The van der Waals surface area contributed by atoms with Crippen LogP contribution in [0.1, 0.15) is 19.8 Å². The molecule has 4 heteroatoms. The van der Waals surface area contributed by atoms with Crippen LogP contribution in [0.5, 0.6) is 0 Å². The van der Waals surface area contributed by atoms with Gasteiger partial charge in [-0.15, -0.1) is 0 Å². The Kier molecular flexibility index (Phi) is 6.70. The molecular formula is C8H18N2O2. The first-order chi connectivity index (χ1) is 5.70. The zero-order valence-corrected chi connectivity index (χ0v) is 7.62. The fourth-order valence-electron chi connectivity index (χ4n) is 1.03. The van der Waals surface area contributed by atoms with E-state index in [9.17, 15) is 4.79 Å². The molecule has 0 atom stereocenters. The van der Waals surface area contributed by atoms with Crippen molar-refractivity contribution in [2.24, 2.45) is 5.73 Å². The maximum absolute atomic E-state index is 10.4. The zero-order valence-electron chi connectivity index (χ0n) is 7.62. The minimum atomic E-state index is -0.778. The second kappa shape index (κ2) is 7.06. The quantitative estimate of drug-likeness (QED) is 0.576. The lowest BCUT2D eigenvalue weighted by molar-refractivity contribution is -0.138. The molecule has 0 aromatic heterocycles. The van der Waals surface area contributed by atoms with E-state index in [1.165, 1.54) is 0 Å². The van der Waals surface area contributed by atoms with Crippen molar-refractivity contribution in [2.75, 3.05) is 26.2 Å². The summed E-state index contributed by atoms with van der Waals surface area (Å²) in [6, 6.07) is 0. The number of unbranched alkanes of at least 4 members (excludes halogenated alkanes) is 1. The molecule has 0 radical (unpaired) electrons. The van der Waals surface area contributed by atoms with Crippen LogP contribution in [0.25, 0.3) is 0 Å². The summed E-state index contributed by atoms with van der Waals surface area (Å²) < 4.78 is 0. The minimum Gasteiger partial charge on any atom is -0.480 e. The lowest BCUT2D eigenvalue weighted by atomic mass is 10.3. The topological polar surface area (TPSA) is 66.6 Å². The predicted octanol–water partition coefficient (Wildman–Crippen LogP) is 0.132. The Morgan fingerprint density at radius 2 is 2.17 bits per heavy atom. The van der Waals surface area contributed by atoms with Gasteiger partial charge >= 0.3 is 5.97 Å². The highest BCUT2D eigenvalue weighted by Crippen LogP contribution is 1.93. The first kappa shape index (κ1) is 11.4. The number of nitrogens with zero attached hydrogens (tertiary/aromatic N) is 1. The summed E-state index contributed by atoms with van der Waals surface area (Å²) in [6.45, 7) is 4.22. The first-order valence-electron chi connectivity index (χ1n) is 4.35. The summed E-state index contributed by atoms with van der Waals surface area (Å²) in [5.74, 6) is -0.778. The van der Waals surface area contributed by atoms with Crippen LogP contribution in [0, 0.1) is 0 Å². The molecule has 3 N–H and O–H groups in total. The third-order valence-corrected chi connectivity index (χ3v) is 1.63. The number of carbonyl (C=O) groups is 1. The third kappa shape index (κ3) is 6.12. The zero-order chi connectivity index (χ0) is 9.40. The summed E-state index contributed by atoms with van der Waals surface area (Å²) in [6.07, 6.45) is 2.12. The van der Waals surface area contributed by atoms with Gasteiger partial charge in [-0.2, -0.15) is 0 Å². The van der Waals surface area contributed by atoms with Crippen molar-refractivity contribution >= 4 is 5.97 Å². The van der Waals surface area contributed by atoms with Gasteiger partial charge in [-0.3, -0.25) is 9.69 Å². The van der Waals surface area contributed by atoms with Crippen molar-refractivity contribution in [3.8, 4) is 0 Å². The second-order valence-corrected chi connectivity index (χ2v) is 2.81. The van der Waals surface area contributed by atoms with Gasteiger partial charge in [0.2, 0.25) is 0 Å². The number of aliphatic carboxylic acids is 1. The molecule has 0 spiro atoms. The summed E-state index contributed by atoms with van der Waals surface area (Å²) in [5, 5.41) is 8.53. The van der Waals surface area contributed by atoms with E-state index in [1.807, 2.05) is 4.90 Å². The average Bonchev–Trinajstić information content (AvgIpc) is 2.00. The highest BCUT2D eigenvalue weighted by Gasteiger charge is 2.06. The minimum absolute atomic E-state index is 0.108. The highest BCUT2D eigenvalue weighted by molar-refractivity contribution is 5.69. The molecule has 0 aliphatic heterocycles. The Balaban J connectivity index is 3.61. The number of hydrogen-bond donors (Lipinski definition) is 2. The summed E-state index contributed by atoms with van der Waals surface area (Å²) in [7, 11) is 0. The van der Waals surface area contributed by atoms with E-state index in [4.69, 9.17) is 10.8 Å². The first-order valence-corrected chi connectivity index (χ1v) is 4.35. The molecular weight excluding hydrogens is 156 g/mol. The molecule has 72 valence electrons. The lowest BCUT2D eigenvalue weighted by Gasteiger charge is -2.18. The number of rotatable bonds is 7. The van der Waals surface area contributed by atoms with Gasteiger partial charge in [0.15, 0.2) is 0 Å². The number of hydrogen-bond acceptors (Lipinski definition) is 3. The van der Waals surface area contributed by atoms with Crippen LogP contribution in [-0.4, -0.2) is 42.2 Å². The van der Waals surface area contributed by atoms with Crippen LogP contribution < -0.4 is 5.73 Å². The number of nitrogens with two attached hydrogens (primary N) is 1. The third-order valence-electron chi connectivity index (χ3n) is 1.63. The Bertz CT molecular complexity index is 128. The molecule has 0 saturated heterocycles. The summed E-state index contributed by atoms with van der Waals surface area (Å²) >= 11 is 0. The molecule has 0 unspecified atom stereocenters. The van der Waals surface area contributed by atoms with E-state index in [-0.39, 0.29) is 6.54 Å². The van der Waals surface area contributed by atoms with Crippen LogP contribution in [0.3, 0.4) is 0 Å². The van der Waals surface area contributed by atoms with Gasteiger partial charge < -0.3 is 10.8 Å². The lowest BCUT2D eigenvalue weighted by Crippen LogP contribution is -2.34. The van der Waals surface area contributed by atoms with Gasteiger partial charge in [0.1, 0.15) is 0 Å². The van der Waals surface area contributed by atoms with Gasteiger partial charge in [0, 0.05) is 13.1 Å². The molecule has 0 bridgehead atoms. The van der Waals surface area contributed by atoms with E-state index in [1.54, 1.807) is 0 Å².